The number of anilines is 1. The van der Waals surface area contributed by atoms with E-state index >= 15 is 0 Å². The lowest BCUT2D eigenvalue weighted by Crippen LogP contribution is -2.02. The number of benzene rings is 1. The summed E-state index contributed by atoms with van der Waals surface area (Å²) in [7, 11) is 0. The number of nitrogens with one attached hydrogen (secondary N) is 1. The van der Waals surface area contributed by atoms with Gasteiger partial charge in [-0.25, -0.2) is 9.97 Å². The van der Waals surface area contributed by atoms with Crippen LogP contribution in [0.3, 0.4) is 0 Å². The highest BCUT2D eigenvalue weighted by molar-refractivity contribution is 6.29. The first-order chi connectivity index (χ1) is 11.1. The lowest BCUT2D eigenvalue weighted by atomic mass is 10.0. The smallest absolute Gasteiger partial charge is 0.151 e. The molecule has 0 aliphatic rings. The maximum Gasteiger partial charge on any atom is 0.151 e. The van der Waals surface area contributed by atoms with Crippen LogP contribution in [-0.2, 0) is 6.42 Å². The summed E-state index contributed by atoms with van der Waals surface area (Å²) in [5.74, 6) is 1.21. The summed E-state index contributed by atoms with van der Waals surface area (Å²) in [4.78, 5) is 8.27. The van der Waals surface area contributed by atoms with Gasteiger partial charge in [0.15, 0.2) is 5.82 Å². The van der Waals surface area contributed by atoms with Gasteiger partial charge in [-0.2, -0.15) is 5.10 Å². The minimum Gasteiger partial charge on any atom is -0.261 e. The van der Waals surface area contributed by atoms with Gasteiger partial charge in [0.05, 0.1) is 5.71 Å². The molecule has 0 aliphatic carbocycles. The molecule has 0 saturated heterocycles. The van der Waals surface area contributed by atoms with Crippen molar-refractivity contribution in [3.63, 3.8) is 0 Å². The Morgan fingerprint density at radius 3 is 2.57 bits per heavy atom. The van der Waals surface area contributed by atoms with E-state index in [1.807, 2.05) is 6.92 Å². The van der Waals surface area contributed by atoms with Gasteiger partial charge in [-0.1, -0.05) is 55.6 Å². The normalized spacial score (nSPS) is 11.6. The molecule has 1 aromatic carbocycles. The maximum absolute atomic E-state index is 5.91. The molecular weight excluding hydrogens is 308 g/mol. The Morgan fingerprint density at radius 2 is 1.91 bits per heavy atom. The van der Waals surface area contributed by atoms with Crippen molar-refractivity contribution in [3.05, 3.63) is 52.4 Å². The number of rotatable bonds is 7. The van der Waals surface area contributed by atoms with E-state index in [1.165, 1.54) is 24.8 Å². The standard InChI is InChI=1S/C18H23ClN4/c1-4-5-6-7-15-8-10-16(11-9-15)13(2)22-23-18-12-17(19)20-14(3)21-18/h8-12H,4-7H2,1-3H3,(H,20,21,23)/b22-13-. The molecule has 1 heterocycles. The first-order valence-electron chi connectivity index (χ1n) is 7.99. The number of hydrogen-bond donors (Lipinski definition) is 1. The van der Waals surface area contributed by atoms with Crippen molar-refractivity contribution < 1.29 is 0 Å². The molecule has 0 fully saturated rings. The molecule has 122 valence electrons. The number of halogens is 1. The zero-order valence-electron chi connectivity index (χ0n) is 13.9. The fourth-order valence-corrected chi connectivity index (χ4v) is 2.51. The van der Waals surface area contributed by atoms with Gasteiger partial charge >= 0.3 is 0 Å². The monoisotopic (exact) mass is 330 g/mol. The van der Waals surface area contributed by atoms with Gasteiger partial charge in [0, 0.05) is 6.07 Å². The second-order valence-electron chi connectivity index (χ2n) is 5.59. The molecule has 5 heteroatoms. The highest BCUT2D eigenvalue weighted by Gasteiger charge is 2.01. The molecule has 1 N–H and O–H groups in total. The van der Waals surface area contributed by atoms with Crippen LogP contribution >= 0.6 is 11.6 Å². The molecule has 2 aromatic rings. The van der Waals surface area contributed by atoms with Gasteiger partial charge < -0.3 is 0 Å². The van der Waals surface area contributed by atoms with E-state index < -0.39 is 0 Å². The molecule has 0 aliphatic heterocycles. The lowest BCUT2D eigenvalue weighted by Gasteiger charge is -2.06. The van der Waals surface area contributed by atoms with E-state index in [0.29, 0.717) is 16.8 Å². The van der Waals surface area contributed by atoms with Crippen molar-refractivity contribution in [1.82, 2.24) is 9.97 Å². The highest BCUT2D eigenvalue weighted by Crippen LogP contribution is 2.12. The van der Waals surface area contributed by atoms with Crippen LogP contribution in [0.15, 0.2) is 35.4 Å². The Hall–Kier alpha value is -1.94. The van der Waals surface area contributed by atoms with Gasteiger partial charge in [0.1, 0.15) is 11.0 Å². The Morgan fingerprint density at radius 1 is 1.17 bits per heavy atom. The van der Waals surface area contributed by atoms with Crippen molar-refractivity contribution >= 4 is 23.1 Å². The van der Waals surface area contributed by atoms with E-state index in [9.17, 15) is 0 Å². The summed E-state index contributed by atoms with van der Waals surface area (Å²) in [5.41, 5.74) is 6.30. The largest absolute Gasteiger partial charge is 0.261 e. The van der Waals surface area contributed by atoms with Crippen LogP contribution in [0.4, 0.5) is 5.82 Å². The number of hydrazone groups is 1. The van der Waals surface area contributed by atoms with Crippen LogP contribution in [0.2, 0.25) is 5.15 Å². The van der Waals surface area contributed by atoms with Crippen LogP contribution in [0.1, 0.15) is 50.1 Å². The number of aryl methyl sites for hydroxylation is 2. The fraction of sp³-hybridized carbons (Fsp3) is 0.389. The summed E-state index contributed by atoms with van der Waals surface area (Å²) in [6.45, 7) is 5.99. The quantitative estimate of drug-likeness (QED) is 0.336. The van der Waals surface area contributed by atoms with Gasteiger partial charge in [-0.05, 0) is 37.8 Å². The van der Waals surface area contributed by atoms with Gasteiger partial charge in [0.25, 0.3) is 0 Å². The maximum atomic E-state index is 5.91. The van der Waals surface area contributed by atoms with Crippen LogP contribution in [-0.4, -0.2) is 15.7 Å². The topological polar surface area (TPSA) is 50.2 Å². The fourth-order valence-electron chi connectivity index (χ4n) is 2.29. The molecule has 0 unspecified atom stereocenters. The van der Waals surface area contributed by atoms with Crippen molar-refractivity contribution in [1.29, 1.82) is 0 Å². The summed E-state index contributed by atoms with van der Waals surface area (Å²) in [6, 6.07) is 10.2. The minimum absolute atomic E-state index is 0.407. The van der Waals surface area contributed by atoms with E-state index in [2.05, 4.69) is 51.7 Å². The molecule has 23 heavy (non-hydrogen) atoms. The summed E-state index contributed by atoms with van der Waals surface area (Å²) in [5, 5.41) is 4.78. The molecule has 0 spiro atoms. The molecule has 0 saturated carbocycles. The van der Waals surface area contributed by atoms with Crippen molar-refractivity contribution in [3.8, 4) is 0 Å². The lowest BCUT2D eigenvalue weighted by molar-refractivity contribution is 0.717. The summed E-state index contributed by atoms with van der Waals surface area (Å²) >= 11 is 5.91. The van der Waals surface area contributed by atoms with E-state index in [-0.39, 0.29) is 0 Å². The van der Waals surface area contributed by atoms with Crippen molar-refractivity contribution in [2.24, 2.45) is 5.10 Å². The Bertz CT molecular complexity index is 645. The second-order valence-corrected chi connectivity index (χ2v) is 5.97. The molecular formula is C18H23ClN4. The van der Waals surface area contributed by atoms with Crippen molar-refractivity contribution in [2.45, 2.75) is 46.5 Å². The molecule has 4 nitrogen and oxygen atoms in total. The predicted octanol–water partition coefficient (Wildman–Crippen LogP) is 5.01. The van der Waals surface area contributed by atoms with Crippen molar-refractivity contribution in [2.75, 3.05) is 5.43 Å². The summed E-state index contributed by atoms with van der Waals surface area (Å²) < 4.78 is 0. The van der Waals surface area contributed by atoms with Gasteiger partial charge in [0.2, 0.25) is 0 Å². The van der Waals surface area contributed by atoms with Gasteiger partial charge in [-0.15, -0.1) is 0 Å². The third-order valence-corrected chi connectivity index (χ3v) is 3.78. The third kappa shape index (κ3) is 5.64. The Labute approximate surface area is 143 Å². The molecule has 1 aromatic heterocycles. The highest BCUT2D eigenvalue weighted by atomic mass is 35.5. The average molecular weight is 331 g/mol. The molecule has 0 bridgehead atoms. The first-order valence-corrected chi connectivity index (χ1v) is 8.37. The second kappa shape index (κ2) is 8.63. The Kier molecular flexibility index (Phi) is 6.53. The van der Waals surface area contributed by atoms with Gasteiger partial charge in [-0.3, -0.25) is 5.43 Å². The van der Waals surface area contributed by atoms with Crippen LogP contribution < -0.4 is 5.43 Å². The number of aromatic nitrogens is 2. The number of unbranched alkanes of at least 4 members (excludes halogenated alkanes) is 2. The zero-order chi connectivity index (χ0) is 16.7. The van der Waals surface area contributed by atoms with Crippen LogP contribution in [0.25, 0.3) is 0 Å². The molecule has 0 amide bonds. The van der Waals surface area contributed by atoms with E-state index in [1.54, 1.807) is 13.0 Å². The third-order valence-electron chi connectivity index (χ3n) is 3.59. The predicted molar refractivity (Wildman–Crippen MR) is 97.3 cm³/mol. The van der Waals surface area contributed by atoms with E-state index in [0.717, 1.165) is 17.7 Å². The summed E-state index contributed by atoms with van der Waals surface area (Å²) in [6.07, 6.45) is 4.93. The first kappa shape index (κ1) is 17.4. The van der Waals surface area contributed by atoms with Crippen LogP contribution in [0.5, 0.6) is 0 Å². The molecule has 0 radical (unpaired) electrons. The minimum atomic E-state index is 0.407. The Balaban J connectivity index is 2.00. The zero-order valence-corrected chi connectivity index (χ0v) is 14.7. The SMILES string of the molecule is CCCCCc1ccc(/C(C)=N\Nc2cc(Cl)nc(C)n2)cc1. The average Bonchev–Trinajstić information content (AvgIpc) is 2.53. The number of hydrogen-bond acceptors (Lipinski definition) is 4. The number of nitrogens with zero attached hydrogens (tertiary/aromatic N) is 3. The van der Waals surface area contributed by atoms with Crippen LogP contribution in [0, 0.1) is 6.92 Å². The van der Waals surface area contributed by atoms with E-state index in [4.69, 9.17) is 11.6 Å². The molecule has 2 rings (SSSR count). The molecule has 0 atom stereocenters.